The molecule has 1 amide bonds. The van der Waals surface area contributed by atoms with Crippen LogP contribution in [0, 0.1) is 6.92 Å². The van der Waals surface area contributed by atoms with Gasteiger partial charge in [0.15, 0.2) is 0 Å². The molecular formula is C15H19N3O3. The Morgan fingerprint density at radius 1 is 1.38 bits per heavy atom. The molecule has 0 saturated heterocycles. The first-order valence-corrected chi connectivity index (χ1v) is 7.00. The zero-order chi connectivity index (χ0) is 15.4. The lowest BCUT2D eigenvalue weighted by molar-refractivity contribution is -0.121. The van der Waals surface area contributed by atoms with Crippen LogP contribution in [0.3, 0.4) is 0 Å². The zero-order valence-electron chi connectivity index (χ0n) is 12.2. The van der Waals surface area contributed by atoms with E-state index in [2.05, 4.69) is 10.3 Å². The summed E-state index contributed by atoms with van der Waals surface area (Å²) in [6.07, 6.45) is 1.20. The van der Waals surface area contributed by atoms with E-state index in [1.807, 2.05) is 13.8 Å². The Labute approximate surface area is 122 Å². The van der Waals surface area contributed by atoms with Crippen molar-refractivity contribution in [2.75, 3.05) is 6.54 Å². The van der Waals surface area contributed by atoms with Gasteiger partial charge in [-0.2, -0.15) is 0 Å². The number of carboxylic acid groups (broad SMARTS) is 1. The van der Waals surface area contributed by atoms with Gasteiger partial charge in [0.2, 0.25) is 5.91 Å². The summed E-state index contributed by atoms with van der Waals surface area (Å²) >= 11 is 0. The van der Waals surface area contributed by atoms with Gasteiger partial charge in [-0.1, -0.05) is 13.0 Å². The second-order valence-electron chi connectivity index (χ2n) is 4.89. The van der Waals surface area contributed by atoms with Crippen LogP contribution >= 0.6 is 0 Å². The van der Waals surface area contributed by atoms with Crippen LogP contribution in [0.4, 0.5) is 0 Å². The molecule has 0 unspecified atom stereocenters. The summed E-state index contributed by atoms with van der Waals surface area (Å²) in [6, 6.07) is 5.01. The van der Waals surface area contributed by atoms with Crippen molar-refractivity contribution >= 4 is 22.9 Å². The van der Waals surface area contributed by atoms with Gasteiger partial charge in [0, 0.05) is 19.5 Å². The molecule has 0 atom stereocenters. The van der Waals surface area contributed by atoms with E-state index in [1.165, 1.54) is 0 Å². The number of imidazole rings is 1. The number of nitrogens with one attached hydrogen (secondary N) is 1. The molecule has 2 N–H and O–H groups in total. The first-order valence-electron chi connectivity index (χ1n) is 7.00. The highest BCUT2D eigenvalue weighted by molar-refractivity contribution is 6.01. The molecule has 2 aromatic rings. The van der Waals surface area contributed by atoms with Gasteiger partial charge in [-0.25, -0.2) is 9.78 Å². The Bertz CT molecular complexity index is 676. The van der Waals surface area contributed by atoms with Crippen molar-refractivity contribution in [2.45, 2.75) is 33.2 Å². The van der Waals surface area contributed by atoms with E-state index in [9.17, 15) is 14.7 Å². The Balaban J connectivity index is 2.29. The normalized spacial score (nSPS) is 10.8. The molecule has 21 heavy (non-hydrogen) atoms. The fourth-order valence-corrected chi connectivity index (χ4v) is 2.31. The summed E-state index contributed by atoms with van der Waals surface area (Å²) < 4.78 is 1.80. The van der Waals surface area contributed by atoms with Crippen molar-refractivity contribution in [3.63, 3.8) is 0 Å². The zero-order valence-corrected chi connectivity index (χ0v) is 12.2. The van der Waals surface area contributed by atoms with Gasteiger partial charge >= 0.3 is 5.97 Å². The molecule has 0 aliphatic heterocycles. The maximum atomic E-state index is 11.7. The third-order valence-corrected chi connectivity index (χ3v) is 3.32. The second kappa shape index (κ2) is 6.39. The molecule has 0 bridgehead atoms. The number of hydrogen-bond donors (Lipinski definition) is 2. The van der Waals surface area contributed by atoms with Crippen molar-refractivity contribution in [3.05, 3.63) is 29.6 Å². The molecule has 6 heteroatoms. The first kappa shape index (κ1) is 15.0. The molecule has 2 rings (SSSR count). The predicted octanol–water partition coefficient (Wildman–Crippen LogP) is 1.96. The van der Waals surface area contributed by atoms with Crippen LogP contribution in [0.2, 0.25) is 0 Å². The summed E-state index contributed by atoms with van der Waals surface area (Å²) in [7, 11) is 0. The molecule has 0 spiro atoms. The number of amides is 1. The number of carbonyl (C=O) groups excluding carboxylic acids is 1. The molecule has 1 aromatic heterocycles. The standard InChI is InChI=1S/C15H19N3O3/c1-3-8-16-13(19)7-9-18-10(2)17-12-6-4-5-11(14(12)18)15(20)21/h4-6H,3,7-9H2,1-2H3,(H,16,19)(H,20,21). The number of fused-ring (bicyclic) bond motifs is 1. The number of rotatable bonds is 6. The number of carboxylic acids is 1. The van der Waals surface area contributed by atoms with Crippen molar-refractivity contribution in [2.24, 2.45) is 0 Å². The van der Waals surface area contributed by atoms with E-state index >= 15 is 0 Å². The van der Waals surface area contributed by atoms with Gasteiger partial charge in [-0.15, -0.1) is 0 Å². The number of para-hydroxylation sites is 1. The molecule has 1 heterocycles. The molecule has 1 aromatic carbocycles. The van der Waals surface area contributed by atoms with Gasteiger partial charge < -0.3 is 15.0 Å². The Kier molecular flexibility index (Phi) is 4.57. The number of nitrogens with zero attached hydrogens (tertiary/aromatic N) is 2. The van der Waals surface area contributed by atoms with Gasteiger partial charge in [-0.05, 0) is 25.5 Å². The lowest BCUT2D eigenvalue weighted by Gasteiger charge is -2.09. The van der Waals surface area contributed by atoms with Crippen LogP contribution in [-0.4, -0.2) is 33.1 Å². The molecular weight excluding hydrogens is 270 g/mol. The SMILES string of the molecule is CCCNC(=O)CCn1c(C)nc2cccc(C(=O)O)c21. The average Bonchev–Trinajstić information content (AvgIpc) is 2.77. The van der Waals surface area contributed by atoms with Gasteiger partial charge in [0.1, 0.15) is 5.82 Å². The van der Waals surface area contributed by atoms with Crippen LogP contribution in [0.1, 0.15) is 35.9 Å². The van der Waals surface area contributed by atoms with Gasteiger partial charge in [-0.3, -0.25) is 4.79 Å². The average molecular weight is 289 g/mol. The summed E-state index contributed by atoms with van der Waals surface area (Å²) in [5.74, 6) is -0.315. The number of aryl methyl sites for hydroxylation is 2. The number of aromatic nitrogens is 2. The summed E-state index contributed by atoms with van der Waals surface area (Å²) in [4.78, 5) is 27.4. The fourth-order valence-electron chi connectivity index (χ4n) is 2.31. The van der Waals surface area contributed by atoms with E-state index in [-0.39, 0.29) is 11.5 Å². The van der Waals surface area contributed by atoms with E-state index in [0.29, 0.717) is 36.4 Å². The topological polar surface area (TPSA) is 84.2 Å². The van der Waals surface area contributed by atoms with Crippen LogP contribution in [0.15, 0.2) is 18.2 Å². The van der Waals surface area contributed by atoms with Crippen LogP contribution < -0.4 is 5.32 Å². The highest BCUT2D eigenvalue weighted by Crippen LogP contribution is 2.21. The highest BCUT2D eigenvalue weighted by Gasteiger charge is 2.16. The number of benzene rings is 1. The van der Waals surface area contributed by atoms with Crippen molar-refractivity contribution < 1.29 is 14.7 Å². The maximum Gasteiger partial charge on any atom is 0.337 e. The summed E-state index contributed by atoms with van der Waals surface area (Å²) in [5, 5.41) is 12.1. The molecule has 0 aliphatic rings. The monoisotopic (exact) mass is 289 g/mol. The number of carbonyl (C=O) groups is 2. The minimum atomic E-state index is -0.989. The van der Waals surface area contributed by atoms with Crippen molar-refractivity contribution in [1.82, 2.24) is 14.9 Å². The van der Waals surface area contributed by atoms with Crippen LogP contribution in [0.5, 0.6) is 0 Å². The molecule has 112 valence electrons. The minimum Gasteiger partial charge on any atom is -0.478 e. The largest absolute Gasteiger partial charge is 0.478 e. The van der Waals surface area contributed by atoms with E-state index < -0.39 is 5.97 Å². The van der Waals surface area contributed by atoms with Crippen molar-refractivity contribution in [1.29, 1.82) is 0 Å². The maximum absolute atomic E-state index is 11.7. The predicted molar refractivity (Wildman–Crippen MR) is 79.3 cm³/mol. The Morgan fingerprint density at radius 2 is 2.14 bits per heavy atom. The molecule has 0 fully saturated rings. The van der Waals surface area contributed by atoms with Crippen molar-refractivity contribution in [3.8, 4) is 0 Å². The van der Waals surface area contributed by atoms with Gasteiger partial charge in [0.05, 0.1) is 16.6 Å². The molecule has 0 aliphatic carbocycles. The summed E-state index contributed by atoms with van der Waals surface area (Å²) in [5.41, 5.74) is 1.43. The summed E-state index contributed by atoms with van der Waals surface area (Å²) in [6.45, 7) is 4.88. The quantitative estimate of drug-likeness (QED) is 0.851. The van der Waals surface area contributed by atoms with E-state index in [0.717, 1.165) is 6.42 Å². The minimum absolute atomic E-state index is 0.0362. The third kappa shape index (κ3) is 3.21. The van der Waals surface area contributed by atoms with Crippen LogP contribution in [0.25, 0.3) is 11.0 Å². The lowest BCUT2D eigenvalue weighted by Crippen LogP contribution is -2.25. The number of hydrogen-bond acceptors (Lipinski definition) is 3. The molecule has 0 saturated carbocycles. The molecule has 6 nitrogen and oxygen atoms in total. The Hall–Kier alpha value is -2.37. The first-order chi connectivity index (χ1) is 10.0. The number of aromatic carboxylic acids is 1. The highest BCUT2D eigenvalue weighted by atomic mass is 16.4. The van der Waals surface area contributed by atoms with E-state index in [1.54, 1.807) is 22.8 Å². The lowest BCUT2D eigenvalue weighted by atomic mass is 10.2. The smallest absolute Gasteiger partial charge is 0.337 e. The van der Waals surface area contributed by atoms with E-state index in [4.69, 9.17) is 0 Å². The fraction of sp³-hybridized carbons (Fsp3) is 0.400. The third-order valence-electron chi connectivity index (χ3n) is 3.32. The molecule has 0 radical (unpaired) electrons. The second-order valence-corrected chi connectivity index (χ2v) is 4.89. The van der Waals surface area contributed by atoms with Crippen LogP contribution in [-0.2, 0) is 11.3 Å². The van der Waals surface area contributed by atoms with Gasteiger partial charge in [0.25, 0.3) is 0 Å². The Morgan fingerprint density at radius 3 is 2.81 bits per heavy atom.